The maximum atomic E-state index is 12.9. The number of hydrogen-bond acceptors (Lipinski definition) is 5. The van der Waals surface area contributed by atoms with Crippen LogP contribution >= 0.6 is 11.6 Å². The first-order chi connectivity index (χ1) is 17.3. The maximum absolute atomic E-state index is 12.9. The molecule has 0 aliphatic heterocycles. The van der Waals surface area contributed by atoms with Gasteiger partial charge in [-0.15, -0.1) is 0 Å². The van der Waals surface area contributed by atoms with Gasteiger partial charge in [0.15, 0.2) is 11.3 Å². The lowest BCUT2D eigenvalue weighted by Gasteiger charge is -2.17. The molecule has 0 aliphatic rings. The number of esters is 1. The molecule has 182 valence electrons. The van der Waals surface area contributed by atoms with Crippen LogP contribution in [0.2, 0.25) is 5.02 Å². The second-order valence-corrected chi connectivity index (χ2v) is 9.06. The summed E-state index contributed by atoms with van der Waals surface area (Å²) in [4.78, 5) is 33.3. The molecule has 0 radical (unpaired) electrons. The third-order valence-electron chi connectivity index (χ3n) is 5.79. The van der Waals surface area contributed by atoms with E-state index in [1.165, 1.54) is 7.11 Å². The number of nitrogens with one attached hydrogen (secondary N) is 1. The number of carbonyl (C=O) groups excluding carboxylic acids is 2. The van der Waals surface area contributed by atoms with Gasteiger partial charge in [0.25, 0.3) is 5.91 Å². The molecule has 1 heterocycles. The molecule has 1 amide bonds. The van der Waals surface area contributed by atoms with Crippen molar-refractivity contribution in [3.8, 4) is 11.5 Å². The number of oxazole rings is 1. The third-order valence-corrected chi connectivity index (χ3v) is 6.04. The SMILES string of the molecule is [C-]#[N+]c1cc(C(C)C)c2oc(-c3ccc(C(=O)NC(Cc4ccc(Cl)cc4)C(=O)OC)cc3)nc2c1. The fourth-order valence-corrected chi connectivity index (χ4v) is 3.98. The van der Waals surface area contributed by atoms with Crippen molar-refractivity contribution in [1.82, 2.24) is 10.3 Å². The molecule has 1 unspecified atom stereocenters. The number of fused-ring (bicyclic) bond motifs is 1. The Morgan fingerprint density at radius 1 is 1.11 bits per heavy atom. The molecule has 3 aromatic carbocycles. The van der Waals surface area contributed by atoms with Crippen molar-refractivity contribution in [2.45, 2.75) is 32.2 Å². The van der Waals surface area contributed by atoms with Gasteiger partial charge in [0.2, 0.25) is 5.89 Å². The van der Waals surface area contributed by atoms with Gasteiger partial charge in [0, 0.05) is 22.6 Å². The molecule has 1 N–H and O–H groups in total. The van der Waals surface area contributed by atoms with E-state index < -0.39 is 17.9 Å². The number of ether oxygens (including phenoxy) is 1. The highest BCUT2D eigenvalue weighted by Gasteiger charge is 2.23. The Bertz CT molecular complexity index is 1450. The Morgan fingerprint density at radius 3 is 2.42 bits per heavy atom. The number of amides is 1. The van der Waals surface area contributed by atoms with Gasteiger partial charge in [0.1, 0.15) is 6.04 Å². The van der Waals surface area contributed by atoms with Gasteiger partial charge in [-0.3, -0.25) is 4.79 Å². The van der Waals surface area contributed by atoms with E-state index in [1.807, 2.05) is 19.9 Å². The number of nitrogens with zero attached hydrogens (tertiary/aromatic N) is 2. The number of halogens is 1. The van der Waals surface area contributed by atoms with Gasteiger partial charge in [-0.1, -0.05) is 37.6 Å². The van der Waals surface area contributed by atoms with Crippen LogP contribution in [0.4, 0.5) is 5.69 Å². The molecule has 36 heavy (non-hydrogen) atoms. The summed E-state index contributed by atoms with van der Waals surface area (Å²) >= 11 is 5.93. The molecule has 4 aromatic rings. The highest BCUT2D eigenvalue weighted by Crippen LogP contribution is 2.34. The van der Waals surface area contributed by atoms with Crippen LogP contribution in [-0.2, 0) is 16.0 Å². The lowest BCUT2D eigenvalue weighted by Crippen LogP contribution is -2.43. The zero-order chi connectivity index (χ0) is 25.8. The molecule has 0 saturated heterocycles. The van der Waals surface area contributed by atoms with Crippen LogP contribution in [0.3, 0.4) is 0 Å². The summed E-state index contributed by atoms with van der Waals surface area (Å²) in [7, 11) is 1.28. The molecule has 0 spiro atoms. The Balaban J connectivity index is 1.55. The van der Waals surface area contributed by atoms with E-state index in [9.17, 15) is 9.59 Å². The minimum absolute atomic E-state index is 0.164. The molecule has 1 aromatic heterocycles. The van der Waals surface area contributed by atoms with Crippen molar-refractivity contribution in [2.75, 3.05) is 7.11 Å². The predicted molar refractivity (Wildman–Crippen MR) is 138 cm³/mol. The first-order valence-corrected chi connectivity index (χ1v) is 11.7. The topological polar surface area (TPSA) is 85.8 Å². The van der Waals surface area contributed by atoms with Crippen molar-refractivity contribution in [3.05, 3.63) is 93.8 Å². The van der Waals surface area contributed by atoms with Crippen molar-refractivity contribution >= 4 is 40.3 Å². The van der Waals surface area contributed by atoms with Crippen LogP contribution in [0.25, 0.3) is 27.4 Å². The molecule has 0 bridgehead atoms. The summed E-state index contributed by atoms with van der Waals surface area (Å²) < 4.78 is 10.9. The third kappa shape index (κ3) is 5.40. The second kappa shape index (κ2) is 10.6. The van der Waals surface area contributed by atoms with Crippen LogP contribution in [0, 0.1) is 6.57 Å². The minimum Gasteiger partial charge on any atom is -0.467 e. The van der Waals surface area contributed by atoms with E-state index in [-0.39, 0.29) is 12.3 Å². The van der Waals surface area contributed by atoms with Crippen molar-refractivity contribution in [3.63, 3.8) is 0 Å². The average Bonchev–Trinajstić information content (AvgIpc) is 3.32. The van der Waals surface area contributed by atoms with Gasteiger partial charge in [-0.25, -0.2) is 14.6 Å². The van der Waals surface area contributed by atoms with Crippen LogP contribution in [-0.4, -0.2) is 30.0 Å². The van der Waals surface area contributed by atoms with Gasteiger partial charge in [-0.2, -0.15) is 0 Å². The van der Waals surface area contributed by atoms with Crippen molar-refractivity contribution in [1.29, 1.82) is 0 Å². The molecule has 0 saturated carbocycles. The molecular weight excluding hydrogens is 478 g/mol. The van der Waals surface area contributed by atoms with Crippen LogP contribution in [0.15, 0.2) is 65.1 Å². The summed E-state index contributed by atoms with van der Waals surface area (Å²) in [5, 5.41) is 3.33. The summed E-state index contributed by atoms with van der Waals surface area (Å²) in [6.45, 7) is 11.4. The molecule has 1 atom stereocenters. The fourth-order valence-electron chi connectivity index (χ4n) is 3.86. The highest BCUT2D eigenvalue weighted by molar-refractivity contribution is 6.30. The lowest BCUT2D eigenvalue weighted by molar-refractivity contribution is -0.142. The normalized spacial score (nSPS) is 11.8. The molecule has 0 fully saturated rings. The average molecular weight is 502 g/mol. The second-order valence-electron chi connectivity index (χ2n) is 8.63. The molecule has 0 aliphatic carbocycles. The summed E-state index contributed by atoms with van der Waals surface area (Å²) in [5.41, 5.74) is 4.60. The minimum atomic E-state index is -0.855. The summed E-state index contributed by atoms with van der Waals surface area (Å²) in [6.07, 6.45) is 0.265. The lowest BCUT2D eigenvalue weighted by atomic mass is 10.0. The molecular formula is C28H24ClN3O4. The van der Waals surface area contributed by atoms with Crippen LogP contribution in [0.1, 0.15) is 41.3 Å². The zero-order valence-electron chi connectivity index (χ0n) is 20.0. The van der Waals surface area contributed by atoms with Crippen molar-refractivity contribution in [2.24, 2.45) is 0 Å². The monoisotopic (exact) mass is 501 g/mol. The molecule has 4 rings (SSSR count). The Labute approximate surface area is 213 Å². The van der Waals surface area contributed by atoms with E-state index in [0.717, 1.165) is 11.1 Å². The Morgan fingerprint density at radius 2 is 1.81 bits per heavy atom. The largest absolute Gasteiger partial charge is 0.467 e. The maximum Gasteiger partial charge on any atom is 0.328 e. The number of aromatic nitrogens is 1. The van der Waals surface area contributed by atoms with Crippen molar-refractivity contribution < 1.29 is 18.7 Å². The molecule has 8 heteroatoms. The smallest absolute Gasteiger partial charge is 0.328 e. The van der Waals surface area contributed by atoms with Crippen LogP contribution in [0.5, 0.6) is 0 Å². The standard InChI is InChI=1S/C28H24ClN3O4/c1-16(2)22-14-21(30-3)15-23-25(22)36-27(32-23)19-9-7-18(8-10-19)26(33)31-24(28(34)35-4)13-17-5-11-20(29)12-6-17/h5-12,14-16,24H,13H2,1-2,4H3,(H,31,33). The van der Waals surface area contributed by atoms with Gasteiger partial charge in [0.05, 0.1) is 19.2 Å². The van der Waals surface area contributed by atoms with E-state index in [4.69, 9.17) is 27.3 Å². The summed E-state index contributed by atoms with van der Waals surface area (Å²) in [5.74, 6) is -0.388. The fraction of sp³-hybridized carbons (Fsp3) is 0.214. The zero-order valence-corrected chi connectivity index (χ0v) is 20.8. The van der Waals surface area contributed by atoms with Gasteiger partial charge in [-0.05, 0) is 65.6 Å². The van der Waals surface area contributed by atoms with Gasteiger partial charge < -0.3 is 14.5 Å². The van der Waals surface area contributed by atoms with E-state index in [2.05, 4.69) is 15.1 Å². The number of rotatable bonds is 7. The molecule has 7 nitrogen and oxygen atoms in total. The Hall–Kier alpha value is -4.15. The number of methoxy groups -OCH3 is 1. The first kappa shape index (κ1) is 25.0. The highest BCUT2D eigenvalue weighted by atomic mass is 35.5. The first-order valence-electron chi connectivity index (χ1n) is 11.3. The number of carbonyl (C=O) groups is 2. The van der Waals surface area contributed by atoms with Crippen LogP contribution < -0.4 is 5.32 Å². The summed E-state index contributed by atoms with van der Waals surface area (Å²) in [6, 6.07) is 16.5. The van der Waals surface area contributed by atoms with Gasteiger partial charge >= 0.3 is 5.97 Å². The van der Waals surface area contributed by atoms with E-state index in [1.54, 1.807) is 54.6 Å². The predicted octanol–water partition coefficient (Wildman–Crippen LogP) is 6.34. The van der Waals surface area contributed by atoms with E-state index in [0.29, 0.717) is 38.8 Å². The van der Waals surface area contributed by atoms with E-state index >= 15 is 0 Å². The number of hydrogen-bond donors (Lipinski definition) is 1. The quantitative estimate of drug-likeness (QED) is 0.236. The Kier molecular flexibility index (Phi) is 7.37. The number of benzene rings is 3.